The van der Waals surface area contributed by atoms with Gasteiger partial charge in [0.05, 0.1) is 28.9 Å². The van der Waals surface area contributed by atoms with E-state index >= 15 is 4.39 Å². The Hall–Kier alpha value is -4.00. The van der Waals surface area contributed by atoms with Crippen molar-refractivity contribution in [2.24, 2.45) is 0 Å². The SMILES string of the molecule is N#CC1CCCN1C(=O)CN1C(=O)C2(CC(Oc3ccc4[nH]ncc4n3)C2)c2c(F)cccc21. The van der Waals surface area contributed by atoms with E-state index in [1.807, 2.05) is 6.07 Å². The Bertz CT molecular complexity index is 1360. The van der Waals surface area contributed by atoms with E-state index in [0.717, 1.165) is 11.9 Å². The summed E-state index contributed by atoms with van der Waals surface area (Å²) in [6.07, 6.45) is 3.25. The first-order chi connectivity index (χ1) is 16.5. The molecule has 0 bridgehead atoms. The van der Waals surface area contributed by atoms with E-state index in [-0.39, 0.29) is 24.5 Å². The van der Waals surface area contributed by atoms with Gasteiger partial charge in [-0.1, -0.05) is 6.07 Å². The van der Waals surface area contributed by atoms with E-state index in [9.17, 15) is 14.9 Å². The van der Waals surface area contributed by atoms with Gasteiger partial charge >= 0.3 is 0 Å². The summed E-state index contributed by atoms with van der Waals surface area (Å²) in [7, 11) is 0. The Labute approximate surface area is 194 Å². The second-order valence-electron chi connectivity index (χ2n) is 9.08. The monoisotopic (exact) mass is 460 g/mol. The molecule has 1 aliphatic carbocycles. The number of nitriles is 1. The highest BCUT2D eigenvalue weighted by atomic mass is 19.1. The molecule has 1 aromatic carbocycles. The third-order valence-electron chi connectivity index (χ3n) is 7.14. The standard InChI is InChI=1S/C24H21FN6O3/c25-16-4-1-5-19-22(16)24(23(33)31(19)13-21(32)30-8-2-3-14(30)11-26)9-15(10-24)34-20-7-6-17-18(28-20)12-27-29-17/h1,4-7,12,14-15H,2-3,8-10,13H2,(H,27,29). The molecule has 4 heterocycles. The Morgan fingerprint density at radius 3 is 3.00 bits per heavy atom. The van der Waals surface area contributed by atoms with Crippen molar-refractivity contribution in [1.82, 2.24) is 20.1 Å². The maximum atomic E-state index is 15.0. The van der Waals surface area contributed by atoms with Crippen LogP contribution >= 0.6 is 0 Å². The highest BCUT2D eigenvalue weighted by Gasteiger charge is 2.61. The Morgan fingerprint density at radius 1 is 1.32 bits per heavy atom. The fourth-order valence-electron chi connectivity index (χ4n) is 5.50. The number of hydrogen-bond donors (Lipinski definition) is 1. The zero-order chi connectivity index (χ0) is 23.4. The van der Waals surface area contributed by atoms with Crippen molar-refractivity contribution in [3.8, 4) is 11.9 Å². The minimum atomic E-state index is -1.06. The lowest BCUT2D eigenvalue weighted by Crippen LogP contribution is -2.55. The van der Waals surface area contributed by atoms with Gasteiger partial charge in [-0.15, -0.1) is 0 Å². The molecular formula is C24H21FN6O3. The number of rotatable bonds is 4. The number of ether oxygens (including phenoxy) is 1. The third kappa shape index (κ3) is 2.96. The molecule has 2 fully saturated rings. The lowest BCUT2D eigenvalue weighted by Gasteiger charge is -2.43. The highest BCUT2D eigenvalue weighted by Crippen LogP contribution is 2.55. The fourth-order valence-corrected chi connectivity index (χ4v) is 5.50. The molecule has 3 aliphatic rings. The average molecular weight is 460 g/mol. The van der Waals surface area contributed by atoms with Crippen LogP contribution < -0.4 is 9.64 Å². The van der Waals surface area contributed by atoms with Gasteiger partial charge in [-0.2, -0.15) is 10.4 Å². The molecule has 1 saturated heterocycles. The van der Waals surface area contributed by atoms with E-state index in [2.05, 4.69) is 21.3 Å². The molecular weight excluding hydrogens is 439 g/mol. The second kappa shape index (κ2) is 7.52. The smallest absolute Gasteiger partial charge is 0.243 e. The van der Waals surface area contributed by atoms with Gasteiger partial charge in [-0.05, 0) is 31.0 Å². The van der Waals surface area contributed by atoms with Crippen LogP contribution in [-0.4, -0.2) is 57.1 Å². The van der Waals surface area contributed by atoms with Crippen LogP contribution in [0.25, 0.3) is 11.0 Å². The molecule has 172 valence electrons. The van der Waals surface area contributed by atoms with Gasteiger partial charge in [0.1, 0.15) is 30.0 Å². The molecule has 3 aromatic rings. The van der Waals surface area contributed by atoms with Gasteiger partial charge in [-0.25, -0.2) is 9.37 Å². The summed E-state index contributed by atoms with van der Waals surface area (Å²) in [6, 6.07) is 9.77. The van der Waals surface area contributed by atoms with Gasteiger partial charge in [0.15, 0.2) is 0 Å². The van der Waals surface area contributed by atoms with E-state index in [1.54, 1.807) is 24.4 Å². The van der Waals surface area contributed by atoms with Crippen molar-refractivity contribution >= 4 is 28.5 Å². The fraction of sp³-hybridized carbons (Fsp3) is 0.375. The quantitative estimate of drug-likeness (QED) is 0.640. The number of carbonyl (C=O) groups excluding carboxylic acids is 2. The molecule has 2 amide bonds. The van der Waals surface area contributed by atoms with E-state index in [4.69, 9.17) is 4.74 Å². The normalized spacial score (nSPS) is 25.5. The lowest BCUT2D eigenvalue weighted by molar-refractivity contribution is -0.134. The van der Waals surface area contributed by atoms with Crippen LogP contribution in [-0.2, 0) is 15.0 Å². The molecule has 0 radical (unpaired) electrons. The number of H-pyrrole nitrogens is 1. The number of anilines is 1. The molecule has 1 spiro atoms. The lowest BCUT2D eigenvalue weighted by atomic mass is 9.63. The first kappa shape index (κ1) is 20.6. The van der Waals surface area contributed by atoms with Crippen LogP contribution in [0.2, 0.25) is 0 Å². The first-order valence-corrected chi connectivity index (χ1v) is 11.3. The summed E-state index contributed by atoms with van der Waals surface area (Å²) in [5.41, 5.74) is 1.13. The predicted octanol–water partition coefficient (Wildman–Crippen LogP) is 2.44. The van der Waals surface area contributed by atoms with Crippen LogP contribution in [0.15, 0.2) is 36.5 Å². The number of carbonyl (C=O) groups is 2. The number of benzene rings is 1. The molecule has 2 aromatic heterocycles. The van der Waals surface area contributed by atoms with Crippen LogP contribution in [0.5, 0.6) is 5.88 Å². The predicted molar refractivity (Wildman–Crippen MR) is 118 cm³/mol. The minimum Gasteiger partial charge on any atom is -0.474 e. The third-order valence-corrected chi connectivity index (χ3v) is 7.14. The van der Waals surface area contributed by atoms with Gasteiger partial charge in [0, 0.05) is 31.0 Å². The number of hydrogen-bond acceptors (Lipinski definition) is 6. The van der Waals surface area contributed by atoms with Crippen molar-refractivity contribution in [3.05, 3.63) is 47.9 Å². The van der Waals surface area contributed by atoms with E-state index in [1.165, 1.54) is 15.9 Å². The van der Waals surface area contributed by atoms with Crippen molar-refractivity contribution < 1.29 is 18.7 Å². The Morgan fingerprint density at radius 2 is 2.18 bits per heavy atom. The Kier molecular flexibility index (Phi) is 4.55. The van der Waals surface area contributed by atoms with Crippen LogP contribution in [0.1, 0.15) is 31.2 Å². The highest BCUT2D eigenvalue weighted by molar-refractivity contribution is 6.11. The summed E-state index contributed by atoms with van der Waals surface area (Å²) >= 11 is 0. The molecule has 2 aliphatic heterocycles. The number of aromatic amines is 1. The van der Waals surface area contributed by atoms with Crippen molar-refractivity contribution in [3.63, 3.8) is 0 Å². The number of halogens is 1. The van der Waals surface area contributed by atoms with Crippen molar-refractivity contribution in [2.45, 2.75) is 43.2 Å². The van der Waals surface area contributed by atoms with E-state index in [0.29, 0.717) is 48.5 Å². The molecule has 1 saturated carbocycles. The molecule has 1 atom stereocenters. The number of fused-ring (bicyclic) bond motifs is 3. The van der Waals surface area contributed by atoms with Crippen molar-refractivity contribution in [1.29, 1.82) is 5.26 Å². The maximum absolute atomic E-state index is 15.0. The molecule has 6 rings (SSSR count). The topological polar surface area (TPSA) is 115 Å². The summed E-state index contributed by atoms with van der Waals surface area (Å²) in [6.45, 7) is 0.281. The molecule has 1 unspecified atom stereocenters. The summed E-state index contributed by atoms with van der Waals surface area (Å²) < 4.78 is 21.0. The average Bonchev–Trinajstić information content (AvgIpc) is 3.52. The minimum absolute atomic E-state index is 0.209. The molecule has 10 heteroatoms. The summed E-state index contributed by atoms with van der Waals surface area (Å²) in [5, 5.41) is 16.1. The molecule has 9 nitrogen and oxygen atoms in total. The summed E-state index contributed by atoms with van der Waals surface area (Å²) in [5.74, 6) is -0.647. The zero-order valence-electron chi connectivity index (χ0n) is 18.2. The van der Waals surface area contributed by atoms with Gasteiger partial charge in [0.2, 0.25) is 17.7 Å². The number of aromatic nitrogens is 3. The van der Waals surface area contributed by atoms with Gasteiger partial charge in [-0.3, -0.25) is 14.7 Å². The number of nitrogens with one attached hydrogen (secondary N) is 1. The van der Waals surface area contributed by atoms with Crippen molar-refractivity contribution in [2.75, 3.05) is 18.0 Å². The van der Waals surface area contributed by atoms with Crippen LogP contribution in [0, 0.1) is 17.1 Å². The Balaban J connectivity index is 1.24. The largest absolute Gasteiger partial charge is 0.474 e. The van der Waals surface area contributed by atoms with E-state index < -0.39 is 17.3 Å². The molecule has 34 heavy (non-hydrogen) atoms. The summed E-state index contributed by atoms with van der Waals surface area (Å²) in [4.78, 5) is 33.9. The maximum Gasteiger partial charge on any atom is 0.243 e. The van der Waals surface area contributed by atoms with Crippen LogP contribution in [0.3, 0.4) is 0 Å². The number of amides is 2. The molecule has 1 N–H and O–H groups in total. The van der Waals surface area contributed by atoms with Gasteiger partial charge < -0.3 is 14.5 Å². The number of likely N-dealkylation sites (tertiary alicyclic amines) is 1. The number of pyridine rings is 1. The first-order valence-electron chi connectivity index (χ1n) is 11.3. The van der Waals surface area contributed by atoms with Crippen LogP contribution in [0.4, 0.5) is 10.1 Å². The second-order valence-corrected chi connectivity index (χ2v) is 9.08. The number of nitrogens with zero attached hydrogens (tertiary/aromatic N) is 5. The van der Waals surface area contributed by atoms with Gasteiger partial charge in [0.25, 0.3) is 0 Å². The zero-order valence-corrected chi connectivity index (χ0v) is 18.2.